The average Bonchev–Trinajstić information content (AvgIpc) is 2.70. The highest BCUT2D eigenvalue weighted by Crippen LogP contribution is 2.21. The molecule has 0 radical (unpaired) electrons. The fraction of sp³-hybridized carbons (Fsp3) is 0.174. The van der Waals surface area contributed by atoms with Crippen LogP contribution in [-0.4, -0.2) is 14.3 Å². The lowest BCUT2D eigenvalue weighted by Crippen LogP contribution is -2.27. The quantitative estimate of drug-likeness (QED) is 0.626. The van der Waals surface area contributed by atoms with Crippen LogP contribution in [0.4, 0.5) is 5.69 Å². The SMILES string of the molecule is Cc1ccc(C)c(C(C)NC(=O)c2cccc(NS(=O)(=O)c3ccccc3)c2)c1. The van der Waals surface area contributed by atoms with Crippen molar-refractivity contribution in [2.75, 3.05) is 4.72 Å². The minimum Gasteiger partial charge on any atom is -0.346 e. The molecule has 6 heteroatoms. The molecule has 1 amide bonds. The van der Waals surface area contributed by atoms with Crippen molar-refractivity contribution in [2.24, 2.45) is 0 Å². The molecular formula is C23H24N2O3S. The van der Waals surface area contributed by atoms with Gasteiger partial charge in [-0.1, -0.05) is 48.0 Å². The molecule has 0 saturated carbocycles. The van der Waals surface area contributed by atoms with Crippen LogP contribution < -0.4 is 10.0 Å². The van der Waals surface area contributed by atoms with Crippen molar-refractivity contribution in [1.82, 2.24) is 5.32 Å². The Hall–Kier alpha value is -3.12. The molecule has 0 aliphatic rings. The molecule has 3 aromatic rings. The zero-order valence-corrected chi connectivity index (χ0v) is 17.5. The molecule has 3 rings (SSSR count). The Bertz CT molecular complexity index is 1130. The Morgan fingerprint density at radius 1 is 0.897 bits per heavy atom. The number of amides is 1. The van der Waals surface area contributed by atoms with Gasteiger partial charge in [-0.15, -0.1) is 0 Å². The number of hydrogen-bond donors (Lipinski definition) is 2. The third-order valence-electron chi connectivity index (χ3n) is 4.68. The zero-order valence-electron chi connectivity index (χ0n) is 16.6. The van der Waals surface area contributed by atoms with Gasteiger partial charge in [0.15, 0.2) is 0 Å². The molecule has 150 valence electrons. The van der Waals surface area contributed by atoms with Gasteiger partial charge in [-0.05, 0) is 62.2 Å². The second-order valence-corrected chi connectivity index (χ2v) is 8.74. The number of carbonyl (C=O) groups excluding carboxylic acids is 1. The predicted octanol–water partition coefficient (Wildman–Crippen LogP) is 4.60. The van der Waals surface area contributed by atoms with E-state index in [0.717, 1.165) is 16.7 Å². The summed E-state index contributed by atoms with van der Waals surface area (Å²) in [6, 6.07) is 20.5. The van der Waals surface area contributed by atoms with Gasteiger partial charge in [0.1, 0.15) is 0 Å². The number of carbonyl (C=O) groups is 1. The largest absolute Gasteiger partial charge is 0.346 e. The Morgan fingerprint density at radius 2 is 1.62 bits per heavy atom. The summed E-state index contributed by atoms with van der Waals surface area (Å²) in [6.45, 7) is 5.96. The van der Waals surface area contributed by atoms with E-state index in [-0.39, 0.29) is 16.8 Å². The fourth-order valence-corrected chi connectivity index (χ4v) is 4.19. The van der Waals surface area contributed by atoms with Crippen LogP contribution in [0.25, 0.3) is 0 Å². The molecule has 0 saturated heterocycles. The van der Waals surface area contributed by atoms with Crippen LogP contribution in [-0.2, 0) is 10.0 Å². The molecule has 0 aliphatic carbocycles. The highest BCUT2D eigenvalue weighted by atomic mass is 32.2. The first-order valence-corrected chi connectivity index (χ1v) is 10.8. The maximum absolute atomic E-state index is 12.7. The van der Waals surface area contributed by atoms with E-state index in [1.165, 1.54) is 18.2 Å². The lowest BCUT2D eigenvalue weighted by atomic mass is 9.99. The Balaban J connectivity index is 1.77. The maximum atomic E-state index is 12.7. The Morgan fingerprint density at radius 3 is 2.34 bits per heavy atom. The highest BCUT2D eigenvalue weighted by Gasteiger charge is 2.16. The van der Waals surface area contributed by atoms with E-state index < -0.39 is 10.0 Å². The summed E-state index contributed by atoms with van der Waals surface area (Å²) in [7, 11) is -3.71. The van der Waals surface area contributed by atoms with Crippen molar-refractivity contribution >= 4 is 21.6 Å². The first-order chi connectivity index (χ1) is 13.8. The molecule has 1 unspecified atom stereocenters. The number of anilines is 1. The summed E-state index contributed by atoms with van der Waals surface area (Å²) >= 11 is 0. The van der Waals surface area contributed by atoms with E-state index >= 15 is 0 Å². The smallest absolute Gasteiger partial charge is 0.261 e. The van der Waals surface area contributed by atoms with Gasteiger partial charge in [-0.3, -0.25) is 9.52 Å². The molecule has 1 atom stereocenters. The van der Waals surface area contributed by atoms with Crippen LogP contribution in [0.15, 0.2) is 77.7 Å². The van der Waals surface area contributed by atoms with Gasteiger partial charge in [0, 0.05) is 11.3 Å². The van der Waals surface area contributed by atoms with Crippen molar-refractivity contribution in [3.8, 4) is 0 Å². The normalized spacial score (nSPS) is 12.2. The lowest BCUT2D eigenvalue weighted by molar-refractivity contribution is 0.0940. The second kappa shape index (κ2) is 8.49. The highest BCUT2D eigenvalue weighted by molar-refractivity contribution is 7.92. The molecule has 0 aromatic heterocycles. The summed E-state index contributed by atoms with van der Waals surface area (Å²) in [6.07, 6.45) is 0. The summed E-state index contributed by atoms with van der Waals surface area (Å²) in [5.74, 6) is -0.265. The average molecular weight is 409 g/mol. The first kappa shape index (κ1) is 20.6. The van der Waals surface area contributed by atoms with Crippen LogP contribution in [0.1, 0.15) is 40.0 Å². The van der Waals surface area contributed by atoms with Crippen LogP contribution in [0.3, 0.4) is 0 Å². The van der Waals surface area contributed by atoms with Gasteiger partial charge in [0.05, 0.1) is 10.9 Å². The van der Waals surface area contributed by atoms with Gasteiger partial charge in [-0.25, -0.2) is 8.42 Å². The van der Waals surface area contributed by atoms with E-state index in [0.29, 0.717) is 11.3 Å². The van der Waals surface area contributed by atoms with Crippen molar-refractivity contribution in [2.45, 2.75) is 31.7 Å². The van der Waals surface area contributed by atoms with E-state index in [1.807, 2.05) is 32.9 Å². The summed E-state index contributed by atoms with van der Waals surface area (Å²) in [5, 5.41) is 2.99. The zero-order chi connectivity index (χ0) is 21.0. The van der Waals surface area contributed by atoms with Crippen molar-refractivity contribution in [3.05, 3.63) is 95.1 Å². The lowest BCUT2D eigenvalue weighted by Gasteiger charge is -2.18. The topological polar surface area (TPSA) is 75.3 Å². The molecule has 5 nitrogen and oxygen atoms in total. The van der Waals surface area contributed by atoms with E-state index in [9.17, 15) is 13.2 Å². The van der Waals surface area contributed by atoms with E-state index in [1.54, 1.807) is 36.4 Å². The van der Waals surface area contributed by atoms with Crippen LogP contribution in [0.5, 0.6) is 0 Å². The maximum Gasteiger partial charge on any atom is 0.261 e. The number of nitrogens with one attached hydrogen (secondary N) is 2. The van der Waals surface area contributed by atoms with E-state index in [2.05, 4.69) is 16.1 Å². The molecule has 2 N–H and O–H groups in total. The monoisotopic (exact) mass is 408 g/mol. The number of aryl methyl sites for hydroxylation is 2. The molecule has 0 fully saturated rings. The predicted molar refractivity (Wildman–Crippen MR) is 115 cm³/mol. The third-order valence-corrected chi connectivity index (χ3v) is 6.08. The van der Waals surface area contributed by atoms with E-state index in [4.69, 9.17) is 0 Å². The summed E-state index contributed by atoms with van der Waals surface area (Å²) in [4.78, 5) is 12.9. The van der Waals surface area contributed by atoms with Crippen LogP contribution in [0.2, 0.25) is 0 Å². The Labute approximate surface area is 171 Å². The molecule has 3 aromatic carbocycles. The number of sulfonamides is 1. The summed E-state index contributed by atoms with van der Waals surface area (Å²) < 4.78 is 27.5. The molecule has 0 heterocycles. The van der Waals surface area contributed by atoms with Crippen LogP contribution >= 0.6 is 0 Å². The van der Waals surface area contributed by atoms with Crippen molar-refractivity contribution in [3.63, 3.8) is 0 Å². The number of rotatable bonds is 6. The molecule has 0 bridgehead atoms. The number of benzene rings is 3. The van der Waals surface area contributed by atoms with Crippen molar-refractivity contribution in [1.29, 1.82) is 0 Å². The Kier molecular flexibility index (Phi) is 6.03. The number of hydrogen-bond acceptors (Lipinski definition) is 3. The fourth-order valence-electron chi connectivity index (χ4n) is 3.12. The third kappa shape index (κ3) is 5.03. The molecular weight excluding hydrogens is 384 g/mol. The van der Waals surface area contributed by atoms with Gasteiger partial charge in [0.25, 0.3) is 15.9 Å². The van der Waals surface area contributed by atoms with Gasteiger partial charge in [0.2, 0.25) is 0 Å². The van der Waals surface area contributed by atoms with Crippen molar-refractivity contribution < 1.29 is 13.2 Å². The molecule has 0 aliphatic heterocycles. The first-order valence-electron chi connectivity index (χ1n) is 9.32. The minimum absolute atomic E-state index is 0.165. The van der Waals surface area contributed by atoms with Gasteiger partial charge in [-0.2, -0.15) is 0 Å². The second-order valence-electron chi connectivity index (χ2n) is 7.05. The molecule has 29 heavy (non-hydrogen) atoms. The van der Waals surface area contributed by atoms with Gasteiger partial charge < -0.3 is 5.32 Å². The van der Waals surface area contributed by atoms with Gasteiger partial charge >= 0.3 is 0 Å². The molecule has 0 spiro atoms. The summed E-state index contributed by atoms with van der Waals surface area (Å²) in [5.41, 5.74) is 4.01. The minimum atomic E-state index is -3.71. The van der Waals surface area contributed by atoms with Crippen LogP contribution in [0, 0.1) is 13.8 Å². The standard InChI is InChI=1S/C23H24N2O3S/c1-16-12-13-17(2)22(14-16)18(3)24-23(26)19-8-7-9-20(15-19)25-29(27,28)21-10-5-4-6-11-21/h4-15,18,25H,1-3H3,(H,24,26).